The van der Waals surface area contributed by atoms with E-state index in [0.29, 0.717) is 19.3 Å². The first-order chi connectivity index (χ1) is 38.0. The average Bonchev–Trinajstić information content (AvgIpc) is 3.43. The Balaban J connectivity index is 4.28. The van der Waals surface area contributed by atoms with Gasteiger partial charge in [0.1, 0.15) is 13.2 Å². The summed E-state index contributed by atoms with van der Waals surface area (Å²) in [5, 5.41) is 0. The van der Waals surface area contributed by atoms with E-state index in [1.807, 2.05) is 0 Å². The minimum atomic E-state index is -0.781. The number of rotatable bonds is 63. The summed E-state index contributed by atoms with van der Waals surface area (Å²) in [6, 6.07) is 0. The van der Waals surface area contributed by atoms with Gasteiger partial charge in [-0.15, -0.1) is 0 Å². The minimum Gasteiger partial charge on any atom is -0.462 e. The highest BCUT2D eigenvalue weighted by atomic mass is 16.6. The van der Waals surface area contributed by atoms with Crippen LogP contribution in [-0.4, -0.2) is 37.2 Å². The zero-order chi connectivity index (χ0) is 55.7. The first-order valence-electron chi connectivity index (χ1n) is 34.1. The van der Waals surface area contributed by atoms with Crippen molar-refractivity contribution in [1.29, 1.82) is 0 Å². The molecular weight excluding hydrogens is 949 g/mol. The van der Waals surface area contributed by atoms with Crippen molar-refractivity contribution in [2.45, 2.75) is 374 Å². The molecule has 6 heteroatoms. The number of carbonyl (C=O) groups is 3. The van der Waals surface area contributed by atoms with Crippen LogP contribution in [0.15, 0.2) is 48.6 Å². The number of allylic oxidation sites excluding steroid dienone is 8. The lowest BCUT2D eigenvalue weighted by atomic mass is 10.0. The molecule has 450 valence electrons. The summed E-state index contributed by atoms with van der Waals surface area (Å²) >= 11 is 0. The number of unbranched alkanes of at least 4 members (excludes halogenated alkanes) is 44. The van der Waals surface area contributed by atoms with Gasteiger partial charge in [-0.25, -0.2) is 0 Å². The second-order valence-electron chi connectivity index (χ2n) is 23.1. The third-order valence-electron chi connectivity index (χ3n) is 15.3. The molecular formula is C71H130O6. The fourth-order valence-electron chi connectivity index (χ4n) is 10.2. The van der Waals surface area contributed by atoms with E-state index < -0.39 is 6.10 Å². The molecule has 0 aromatic rings. The summed E-state index contributed by atoms with van der Waals surface area (Å²) in [5.41, 5.74) is 0. The van der Waals surface area contributed by atoms with Crippen LogP contribution in [0.4, 0.5) is 0 Å². The third kappa shape index (κ3) is 64.1. The average molecular weight is 1080 g/mol. The maximum Gasteiger partial charge on any atom is 0.306 e. The standard InChI is InChI=1S/C71H130O6/c1-4-7-10-13-16-19-22-25-28-30-32-33-34-35-36-37-39-40-43-46-49-52-55-58-61-64-70(73)76-67-68(66-75-69(72)63-60-57-54-51-48-45-42-27-24-21-18-15-12-9-6-3)77-71(74)65-62-59-56-53-50-47-44-41-38-31-29-26-23-20-17-14-11-8-5-2/h17-18,20-21,26-27,29,42,68H,4-16,19,22-25,28,30-41,43-67H2,1-3H3/b20-17-,21-18-,29-26-,42-27-. The second-order valence-corrected chi connectivity index (χ2v) is 23.1. The Morgan fingerprint density at radius 2 is 0.468 bits per heavy atom. The van der Waals surface area contributed by atoms with Gasteiger partial charge in [-0.2, -0.15) is 0 Å². The van der Waals surface area contributed by atoms with Crippen LogP contribution in [0.25, 0.3) is 0 Å². The van der Waals surface area contributed by atoms with Crippen LogP contribution in [0.2, 0.25) is 0 Å². The van der Waals surface area contributed by atoms with E-state index >= 15 is 0 Å². The SMILES string of the molecule is CCCCC/C=C\C/C=C\CCCCCCCCCCCC(=O)OC(COC(=O)CCCCCCC/C=C\C/C=C\CCCCC)COC(=O)CCCCCCCCCCCCCCCCCCCCCCCCCCC. The largest absolute Gasteiger partial charge is 0.462 e. The topological polar surface area (TPSA) is 78.9 Å². The minimum absolute atomic E-state index is 0.0756. The molecule has 1 unspecified atom stereocenters. The molecule has 6 nitrogen and oxygen atoms in total. The van der Waals surface area contributed by atoms with Crippen LogP contribution in [0.3, 0.4) is 0 Å². The zero-order valence-electron chi connectivity index (χ0n) is 51.7. The van der Waals surface area contributed by atoms with Crippen molar-refractivity contribution < 1.29 is 28.6 Å². The van der Waals surface area contributed by atoms with Gasteiger partial charge in [-0.3, -0.25) is 14.4 Å². The highest BCUT2D eigenvalue weighted by Crippen LogP contribution is 2.18. The number of hydrogen-bond donors (Lipinski definition) is 0. The molecule has 1 atom stereocenters. The maximum atomic E-state index is 12.9. The zero-order valence-corrected chi connectivity index (χ0v) is 51.7. The predicted molar refractivity (Wildman–Crippen MR) is 335 cm³/mol. The Labute approximate surface area is 479 Å². The summed E-state index contributed by atoms with van der Waals surface area (Å²) in [6.07, 6.45) is 82.7. The summed E-state index contributed by atoms with van der Waals surface area (Å²) in [7, 11) is 0. The van der Waals surface area contributed by atoms with Gasteiger partial charge >= 0.3 is 17.9 Å². The van der Waals surface area contributed by atoms with Crippen molar-refractivity contribution in [1.82, 2.24) is 0 Å². The fraction of sp³-hybridized carbons (Fsp3) is 0.845. The lowest BCUT2D eigenvalue weighted by Crippen LogP contribution is -2.30. The Kier molecular flexibility index (Phi) is 63.6. The molecule has 0 radical (unpaired) electrons. The molecule has 0 aliphatic rings. The molecule has 0 fully saturated rings. The van der Waals surface area contributed by atoms with E-state index in [-0.39, 0.29) is 31.1 Å². The molecule has 0 spiro atoms. The number of carbonyl (C=O) groups excluding carboxylic acids is 3. The molecule has 0 amide bonds. The van der Waals surface area contributed by atoms with E-state index in [9.17, 15) is 14.4 Å². The van der Waals surface area contributed by atoms with E-state index in [0.717, 1.165) is 83.5 Å². The lowest BCUT2D eigenvalue weighted by molar-refractivity contribution is -0.167. The quantitative estimate of drug-likeness (QED) is 0.0261. The molecule has 0 aromatic carbocycles. The van der Waals surface area contributed by atoms with Gasteiger partial charge in [-0.1, -0.05) is 313 Å². The first-order valence-corrected chi connectivity index (χ1v) is 34.1. The van der Waals surface area contributed by atoms with Crippen LogP contribution in [-0.2, 0) is 28.6 Å². The molecule has 77 heavy (non-hydrogen) atoms. The normalized spacial score (nSPS) is 12.3. The van der Waals surface area contributed by atoms with Crippen LogP contribution >= 0.6 is 0 Å². The van der Waals surface area contributed by atoms with Crippen LogP contribution in [0, 0.1) is 0 Å². The van der Waals surface area contributed by atoms with Crippen molar-refractivity contribution in [2.24, 2.45) is 0 Å². The summed E-state index contributed by atoms with van der Waals surface area (Å²) in [4.78, 5) is 38.4. The fourth-order valence-corrected chi connectivity index (χ4v) is 10.2. The lowest BCUT2D eigenvalue weighted by Gasteiger charge is -2.18. The maximum absolute atomic E-state index is 12.9. The Bertz CT molecular complexity index is 1330. The van der Waals surface area contributed by atoms with Crippen LogP contribution in [0.1, 0.15) is 367 Å². The van der Waals surface area contributed by atoms with E-state index in [1.165, 1.54) is 244 Å². The van der Waals surface area contributed by atoms with Gasteiger partial charge in [0.25, 0.3) is 0 Å². The van der Waals surface area contributed by atoms with Gasteiger partial charge in [0.15, 0.2) is 6.10 Å². The highest BCUT2D eigenvalue weighted by molar-refractivity contribution is 5.71. The van der Waals surface area contributed by atoms with Crippen molar-refractivity contribution in [3.05, 3.63) is 48.6 Å². The summed E-state index contributed by atoms with van der Waals surface area (Å²) in [5.74, 6) is -0.871. The van der Waals surface area contributed by atoms with Crippen molar-refractivity contribution in [3.8, 4) is 0 Å². The van der Waals surface area contributed by atoms with Gasteiger partial charge in [0, 0.05) is 19.3 Å². The Hall–Kier alpha value is -2.63. The highest BCUT2D eigenvalue weighted by Gasteiger charge is 2.19. The van der Waals surface area contributed by atoms with Gasteiger partial charge in [0.05, 0.1) is 0 Å². The monoisotopic (exact) mass is 1080 g/mol. The van der Waals surface area contributed by atoms with E-state index in [1.54, 1.807) is 0 Å². The van der Waals surface area contributed by atoms with Gasteiger partial charge in [-0.05, 0) is 83.5 Å². The number of ether oxygens (including phenoxy) is 3. The first kappa shape index (κ1) is 74.4. The molecule has 0 saturated heterocycles. The molecule has 0 aromatic heterocycles. The van der Waals surface area contributed by atoms with Crippen LogP contribution in [0.5, 0.6) is 0 Å². The predicted octanol–water partition coefficient (Wildman–Crippen LogP) is 23.3. The van der Waals surface area contributed by atoms with Gasteiger partial charge in [0.2, 0.25) is 0 Å². The molecule has 0 aliphatic carbocycles. The van der Waals surface area contributed by atoms with Gasteiger partial charge < -0.3 is 14.2 Å². The summed E-state index contributed by atoms with van der Waals surface area (Å²) in [6.45, 7) is 6.64. The molecule has 0 aliphatic heterocycles. The van der Waals surface area contributed by atoms with E-state index in [2.05, 4.69) is 69.4 Å². The Morgan fingerprint density at radius 1 is 0.260 bits per heavy atom. The molecule has 0 rings (SSSR count). The van der Waals surface area contributed by atoms with Crippen molar-refractivity contribution >= 4 is 17.9 Å². The molecule has 0 N–H and O–H groups in total. The summed E-state index contributed by atoms with van der Waals surface area (Å²) < 4.78 is 17.0. The third-order valence-corrected chi connectivity index (χ3v) is 15.3. The van der Waals surface area contributed by atoms with Crippen molar-refractivity contribution in [2.75, 3.05) is 13.2 Å². The Morgan fingerprint density at radius 3 is 0.740 bits per heavy atom. The van der Waals surface area contributed by atoms with Crippen molar-refractivity contribution in [3.63, 3.8) is 0 Å². The van der Waals surface area contributed by atoms with E-state index in [4.69, 9.17) is 14.2 Å². The van der Waals surface area contributed by atoms with Crippen LogP contribution < -0.4 is 0 Å². The molecule has 0 heterocycles. The smallest absolute Gasteiger partial charge is 0.306 e. The number of esters is 3. The second kappa shape index (κ2) is 65.9. The molecule has 0 bridgehead atoms. The molecule has 0 saturated carbocycles. The number of hydrogen-bond acceptors (Lipinski definition) is 6.